The summed E-state index contributed by atoms with van der Waals surface area (Å²) in [5, 5.41) is 8.45. The highest BCUT2D eigenvalue weighted by molar-refractivity contribution is 6.67. The Morgan fingerprint density at radius 2 is 1.11 bits per heavy atom. The van der Waals surface area contributed by atoms with E-state index >= 15 is 0 Å². The first-order chi connectivity index (χ1) is 34.7. The van der Waals surface area contributed by atoms with Gasteiger partial charge in [0.15, 0.2) is 17.2 Å². The number of nitrogens with one attached hydrogen (secondary N) is 3. The summed E-state index contributed by atoms with van der Waals surface area (Å²) in [5.41, 5.74) is 17.0. The van der Waals surface area contributed by atoms with Crippen molar-refractivity contribution < 1.29 is 28.8 Å². The lowest BCUT2D eigenvalue weighted by molar-refractivity contribution is -0.131. The van der Waals surface area contributed by atoms with E-state index in [0.29, 0.717) is 81.0 Å². The van der Waals surface area contributed by atoms with Gasteiger partial charge in [-0.1, -0.05) is 43.8 Å². The van der Waals surface area contributed by atoms with Crippen molar-refractivity contribution in [2.75, 3.05) is 35.4 Å². The van der Waals surface area contributed by atoms with E-state index in [9.17, 15) is 28.8 Å². The molecule has 6 heterocycles. The van der Waals surface area contributed by atoms with Crippen LogP contribution in [0, 0.1) is 13.8 Å². The van der Waals surface area contributed by atoms with Crippen LogP contribution in [-0.4, -0.2) is 82.1 Å². The zero-order chi connectivity index (χ0) is 53.1. The number of allylic oxidation sites excluding steroid dienone is 1. The first-order valence-corrected chi connectivity index (χ1v) is 23.7. The number of imidazole rings is 2. The predicted octanol–water partition coefficient (Wildman–Crippen LogP) is 6.41. The van der Waals surface area contributed by atoms with Crippen LogP contribution in [-0.2, 0) is 9.59 Å². The highest BCUT2D eigenvalue weighted by Gasteiger charge is 2.34. The van der Waals surface area contributed by atoms with Crippen LogP contribution in [0.5, 0.6) is 0 Å². The van der Waals surface area contributed by atoms with Crippen molar-refractivity contribution in [2.24, 2.45) is 11.5 Å². The fourth-order valence-electron chi connectivity index (χ4n) is 8.16. The molecule has 11 N–H and O–H groups in total. The van der Waals surface area contributed by atoms with Gasteiger partial charge in [-0.2, -0.15) is 0 Å². The molecule has 20 nitrogen and oxygen atoms in total. The number of amides is 5. The molecule has 2 fully saturated rings. The van der Waals surface area contributed by atoms with E-state index in [2.05, 4.69) is 49.0 Å². The SMILES string of the molecule is C=C(C)C(=O)Cl.C=C(C)C(=O)N1CCCC[C@H]1c1nc(-c2ccc(C(=O)Nc3cc(C)ccn3)cc2)c(C(N)=O)n1N.Cc1ccnc(NC(=O)c2ccc(-c3nc([C@@H]4CCCCN4)n(N)c3C(N)=O)cc2)c1. The molecular formula is C52H59ClN14O6. The van der Waals surface area contributed by atoms with Crippen LogP contribution in [0.25, 0.3) is 22.5 Å². The molecule has 0 unspecified atom stereocenters. The summed E-state index contributed by atoms with van der Waals surface area (Å²) in [5.74, 6) is 12.2. The van der Waals surface area contributed by atoms with E-state index in [1.165, 1.54) is 9.35 Å². The minimum Gasteiger partial charge on any atom is -0.364 e. The number of aromatic nitrogens is 6. The van der Waals surface area contributed by atoms with Crippen LogP contribution in [0.2, 0.25) is 0 Å². The van der Waals surface area contributed by atoms with Gasteiger partial charge >= 0.3 is 0 Å². The molecule has 2 aliphatic rings. The van der Waals surface area contributed by atoms with Gasteiger partial charge in [0, 0.05) is 52.3 Å². The number of halogens is 1. The van der Waals surface area contributed by atoms with Gasteiger partial charge in [0.25, 0.3) is 23.6 Å². The van der Waals surface area contributed by atoms with Crippen molar-refractivity contribution in [1.82, 2.24) is 39.5 Å². The number of piperidine rings is 2. The molecule has 73 heavy (non-hydrogen) atoms. The number of anilines is 2. The second-order valence-electron chi connectivity index (χ2n) is 17.6. The second-order valence-corrected chi connectivity index (χ2v) is 18.0. The van der Waals surface area contributed by atoms with Gasteiger partial charge in [-0.05, 0) is 138 Å². The smallest absolute Gasteiger partial charge is 0.269 e. The van der Waals surface area contributed by atoms with E-state index in [1.54, 1.807) is 91.8 Å². The molecule has 0 spiro atoms. The van der Waals surface area contributed by atoms with Crippen LogP contribution in [0.15, 0.2) is 109 Å². The fraction of sp³-hybridized carbons (Fsp3) is 0.269. The van der Waals surface area contributed by atoms with E-state index in [1.807, 2.05) is 26.0 Å². The summed E-state index contributed by atoms with van der Waals surface area (Å²) in [6.07, 6.45) is 8.70. The van der Waals surface area contributed by atoms with Crippen molar-refractivity contribution in [1.29, 1.82) is 0 Å². The lowest BCUT2D eigenvalue weighted by atomic mass is 10.0. The summed E-state index contributed by atoms with van der Waals surface area (Å²) < 4.78 is 2.46. The van der Waals surface area contributed by atoms with Crippen LogP contribution in [0.1, 0.15) is 129 Å². The van der Waals surface area contributed by atoms with Gasteiger partial charge in [-0.25, -0.2) is 29.3 Å². The van der Waals surface area contributed by atoms with E-state index in [4.69, 9.17) is 34.8 Å². The number of rotatable bonds is 12. The molecule has 2 saturated heterocycles. The number of aryl methyl sites for hydroxylation is 2. The maximum Gasteiger partial charge on any atom is 0.269 e. The molecule has 0 aliphatic carbocycles. The molecule has 0 saturated carbocycles. The van der Waals surface area contributed by atoms with Crippen molar-refractivity contribution in [2.45, 2.75) is 78.3 Å². The highest BCUT2D eigenvalue weighted by Crippen LogP contribution is 2.35. The minimum atomic E-state index is -0.743. The lowest BCUT2D eigenvalue weighted by Gasteiger charge is -2.35. The molecule has 2 aromatic carbocycles. The summed E-state index contributed by atoms with van der Waals surface area (Å²) in [6.45, 7) is 15.5. The first-order valence-electron chi connectivity index (χ1n) is 23.3. The predicted molar refractivity (Wildman–Crippen MR) is 280 cm³/mol. The summed E-state index contributed by atoms with van der Waals surface area (Å²) >= 11 is 4.87. The number of primary amides is 2. The number of hydrogen-bond donors (Lipinski definition) is 7. The van der Waals surface area contributed by atoms with Gasteiger partial charge in [-0.15, -0.1) is 0 Å². The fourth-order valence-corrected chi connectivity index (χ4v) is 8.16. The Kier molecular flexibility index (Phi) is 17.8. The molecule has 5 amide bonds. The molecular weight excluding hydrogens is 952 g/mol. The number of carbonyl (C=O) groups is 6. The molecule has 6 aromatic rings. The number of nitrogens with two attached hydrogens (primary N) is 4. The number of benzene rings is 2. The monoisotopic (exact) mass is 1010 g/mol. The maximum absolute atomic E-state index is 12.8. The second kappa shape index (κ2) is 24.1. The quantitative estimate of drug-likeness (QED) is 0.0397. The van der Waals surface area contributed by atoms with Gasteiger partial charge in [0.2, 0.25) is 11.1 Å². The maximum atomic E-state index is 12.8. The van der Waals surface area contributed by atoms with Crippen molar-refractivity contribution >= 4 is 58.0 Å². The number of nitrogen functional groups attached to an aromatic ring is 2. The average Bonchev–Trinajstić information content (AvgIpc) is 3.91. The van der Waals surface area contributed by atoms with E-state index < -0.39 is 23.1 Å². The largest absolute Gasteiger partial charge is 0.364 e. The normalized spacial score (nSPS) is 15.1. The van der Waals surface area contributed by atoms with Crippen molar-refractivity contribution in [3.05, 3.63) is 155 Å². The van der Waals surface area contributed by atoms with Crippen molar-refractivity contribution in [3.63, 3.8) is 0 Å². The third-order valence-electron chi connectivity index (χ3n) is 11.9. The Balaban J connectivity index is 0.000000216. The minimum absolute atomic E-state index is 0.0273. The van der Waals surface area contributed by atoms with Gasteiger partial charge in [-0.3, -0.25) is 28.8 Å². The Bertz CT molecular complexity index is 3060. The molecule has 380 valence electrons. The van der Waals surface area contributed by atoms with Gasteiger partial charge in [0.1, 0.15) is 28.8 Å². The van der Waals surface area contributed by atoms with Crippen molar-refractivity contribution in [3.8, 4) is 22.5 Å². The molecule has 21 heteroatoms. The Morgan fingerprint density at radius 1 is 0.658 bits per heavy atom. The molecule has 2 aliphatic heterocycles. The summed E-state index contributed by atoms with van der Waals surface area (Å²) in [4.78, 5) is 91.5. The number of hydrogen-bond acceptors (Lipinski definition) is 13. The molecule has 4 aromatic heterocycles. The van der Waals surface area contributed by atoms with Crippen LogP contribution < -0.4 is 39.1 Å². The van der Waals surface area contributed by atoms with Crippen LogP contribution in [0.3, 0.4) is 0 Å². The zero-order valence-corrected chi connectivity index (χ0v) is 41.8. The zero-order valence-electron chi connectivity index (χ0n) is 41.1. The van der Waals surface area contributed by atoms with Crippen LogP contribution >= 0.6 is 11.6 Å². The third-order valence-corrected chi connectivity index (χ3v) is 12.2. The molecule has 0 radical (unpaired) electrons. The summed E-state index contributed by atoms with van der Waals surface area (Å²) in [7, 11) is 0. The third kappa shape index (κ3) is 13.3. The molecule has 0 bridgehead atoms. The summed E-state index contributed by atoms with van der Waals surface area (Å²) in [6, 6.07) is 20.2. The average molecular weight is 1010 g/mol. The Labute approximate surface area is 427 Å². The molecule has 2 atom stereocenters. The number of pyridine rings is 2. The number of nitrogens with zero attached hydrogens (tertiary/aromatic N) is 7. The number of carbonyl (C=O) groups excluding carboxylic acids is 6. The molecule has 8 rings (SSSR count). The van der Waals surface area contributed by atoms with E-state index in [-0.39, 0.29) is 35.2 Å². The Hall–Kier alpha value is -8.49. The first kappa shape index (κ1) is 53.9. The van der Waals surface area contributed by atoms with E-state index in [0.717, 1.165) is 49.8 Å². The number of likely N-dealkylation sites (tertiary alicyclic amines) is 1. The highest BCUT2D eigenvalue weighted by atomic mass is 35.5. The van der Waals surface area contributed by atoms with Gasteiger partial charge < -0.3 is 44.0 Å². The Morgan fingerprint density at radius 3 is 1.52 bits per heavy atom. The van der Waals surface area contributed by atoms with Gasteiger partial charge in [0.05, 0.1) is 12.1 Å². The lowest BCUT2D eigenvalue weighted by Crippen LogP contribution is -2.41. The standard InChI is InChI=1S/C26H29N7O3.C22H25N7O2.C4H5ClO/c1-15(2)26(36)32-13-5-4-6-19(32)24-31-21(22(23(27)34)33(24)28)17-7-9-18(10-8-17)25(35)30-20-14-16(3)11-12-29-20;1-13-9-11-26-17(12-13)27-22(31)15-7-5-14(6-8-15)18-19(20(23)30)29(24)21(28-18)16-4-2-3-10-25-16;1-3(2)4(5)6/h7-12,14,19H,1,4-6,13,28H2,2-3H3,(H2,27,34)(H,29,30,35);5-9,11-12,16,25H,2-4,10,24H2,1H3,(H2,23,30)(H,26,27,31);1H2,2H3/t19-;16-;/m00./s1. The topological polar surface area (TPSA) is 307 Å². The van der Waals surface area contributed by atoms with Crippen LogP contribution in [0.4, 0.5) is 11.6 Å².